The fourth-order valence-corrected chi connectivity index (χ4v) is 3.15. The topological polar surface area (TPSA) is 60.0 Å². The van der Waals surface area contributed by atoms with Crippen molar-refractivity contribution in [1.29, 1.82) is 0 Å². The molecule has 0 aliphatic carbocycles. The number of rotatable bonds is 6. The zero-order valence-electron chi connectivity index (χ0n) is 14.9. The van der Waals surface area contributed by atoms with E-state index in [0.717, 1.165) is 43.4 Å². The SMILES string of the molecule is CC(C)C(CNC(=O)/C=C/c1ccc2c(c1)OCO2)N1CCOCC1. The van der Waals surface area contributed by atoms with E-state index < -0.39 is 0 Å². The highest BCUT2D eigenvalue weighted by molar-refractivity contribution is 5.91. The van der Waals surface area contributed by atoms with E-state index in [9.17, 15) is 4.79 Å². The molecule has 1 atom stereocenters. The maximum absolute atomic E-state index is 12.2. The fraction of sp³-hybridized carbons (Fsp3) is 0.526. The van der Waals surface area contributed by atoms with Gasteiger partial charge in [0, 0.05) is 31.8 Å². The summed E-state index contributed by atoms with van der Waals surface area (Å²) < 4.78 is 16.0. The average Bonchev–Trinajstić information content (AvgIpc) is 3.08. The molecule has 1 amide bonds. The Kier molecular flexibility index (Phi) is 5.94. The Morgan fingerprint density at radius 2 is 2.00 bits per heavy atom. The van der Waals surface area contributed by atoms with Crippen LogP contribution in [0.15, 0.2) is 24.3 Å². The molecular formula is C19H26N2O4. The molecule has 0 radical (unpaired) electrons. The summed E-state index contributed by atoms with van der Waals surface area (Å²) >= 11 is 0. The highest BCUT2D eigenvalue weighted by Gasteiger charge is 2.23. The van der Waals surface area contributed by atoms with Gasteiger partial charge in [0.25, 0.3) is 0 Å². The van der Waals surface area contributed by atoms with E-state index in [0.29, 0.717) is 18.5 Å². The van der Waals surface area contributed by atoms with E-state index in [2.05, 4.69) is 24.1 Å². The van der Waals surface area contributed by atoms with E-state index in [4.69, 9.17) is 14.2 Å². The number of benzene rings is 1. The van der Waals surface area contributed by atoms with E-state index in [1.165, 1.54) is 0 Å². The second-order valence-electron chi connectivity index (χ2n) is 6.65. The Labute approximate surface area is 148 Å². The van der Waals surface area contributed by atoms with E-state index >= 15 is 0 Å². The van der Waals surface area contributed by atoms with Crippen LogP contribution in [0.25, 0.3) is 6.08 Å². The highest BCUT2D eigenvalue weighted by Crippen LogP contribution is 2.32. The second-order valence-corrected chi connectivity index (χ2v) is 6.65. The Bertz CT molecular complexity index is 624. The molecule has 3 rings (SSSR count). The van der Waals surface area contributed by atoms with E-state index in [1.807, 2.05) is 18.2 Å². The highest BCUT2D eigenvalue weighted by atomic mass is 16.7. The van der Waals surface area contributed by atoms with Crippen LogP contribution in [-0.2, 0) is 9.53 Å². The number of nitrogens with zero attached hydrogens (tertiary/aromatic N) is 1. The first-order chi connectivity index (χ1) is 12.1. The number of ether oxygens (including phenoxy) is 3. The van der Waals surface area contributed by atoms with Crippen LogP contribution in [-0.4, -0.2) is 56.5 Å². The number of amides is 1. The van der Waals surface area contributed by atoms with Gasteiger partial charge in [-0.25, -0.2) is 0 Å². The monoisotopic (exact) mass is 346 g/mol. The van der Waals surface area contributed by atoms with Gasteiger partial charge in [-0.15, -0.1) is 0 Å². The van der Waals surface area contributed by atoms with Crippen LogP contribution in [0.3, 0.4) is 0 Å². The van der Waals surface area contributed by atoms with E-state index in [1.54, 1.807) is 12.2 Å². The third-order valence-corrected chi connectivity index (χ3v) is 4.59. The van der Waals surface area contributed by atoms with Crippen LogP contribution in [0.5, 0.6) is 11.5 Å². The van der Waals surface area contributed by atoms with Gasteiger partial charge in [-0.05, 0) is 29.7 Å². The summed E-state index contributed by atoms with van der Waals surface area (Å²) in [7, 11) is 0. The molecule has 6 heteroatoms. The molecule has 1 aromatic carbocycles. The van der Waals surface area contributed by atoms with Crippen LogP contribution in [0.4, 0.5) is 0 Å². The number of nitrogens with one attached hydrogen (secondary N) is 1. The predicted octanol–water partition coefficient (Wildman–Crippen LogP) is 1.90. The quantitative estimate of drug-likeness (QED) is 0.797. The molecule has 2 heterocycles. The van der Waals surface area contributed by atoms with Gasteiger partial charge in [-0.3, -0.25) is 9.69 Å². The molecular weight excluding hydrogens is 320 g/mol. The standard InChI is InChI=1S/C19H26N2O4/c1-14(2)16(21-7-9-23-10-8-21)12-20-19(22)6-4-15-3-5-17-18(11-15)25-13-24-17/h3-6,11,14,16H,7-10,12-13H2,1-2H3,(H,20,22)/b6-4+. The van der Waals surface area contributed by atoms with Crippen LogP contribution in [0, 0.1) is 5.92 Å². The maximum Gasteiger partial charge on any atom is 0.244 e. The first kappa shape index (κ1) is 17.8. The zero-order valence-corrected chi connectivity index (χ0v) is 14.9. The summed E-state index contributed by atoms with van der Waals surface area (Å²) in [6, 6.07) is 5.96. The van der Waals surface area contributed by atoms with Gasteiger partial charge in [0.05, 0.1) is 13.2 Å². The molecule has 25 heavy (non-hydrogen) atoms. The van der Waals surface area contributed by atoms with Gasteiger partial charge in [0.1, 0.15) is 0 Å². The van der Waals surface area contributed by atoms with Crippen molar-refractivity contribution in [3.8, 4) is 11.5 Å². The Hall–Kier alpha value is -2.05. The molecule has 136 valence electrons. The summed E-state index contributed by atoms with van der Waals surface area (Å²) in [4.78, 5) is 14.6. The van der Waals surface area contributed by atoms with Crippen molar-refractivity contribution < 1.29 is 19.0 Å². The molecule has 0 bridgehead atoms. The molecule has 1 fully saturated rings. The number of fused-ring (bicyclic) bond motifs is 1. The molecule has 2 aliphatic heterocycles. The van der Waals surface area contributed by atoms with Crippen LogP contribution >= 0.6 is 0 Å². The lowest BCUT2D eigenvalue weighted by Gasteiger charge is -2.36. The summed E-state index contributed by atoms with van der Waals surface area (Å²) in [6.45, 7) is 8.65. The van der Waals surface area contributed by atoms with Gasteiger partial charge < -0.3 is 19.5 Å². The molecule has 0 aromatic heterocycles. The summed E-state index contributed by atoms with van der Waals surface area (Å²) in [5, 5.41) is 3.02. The Morgan fingerprint density at radius 1 is 1.24 bits per heavy atom. The minimum absolute atomic E-state index is 0.0865. The molecule has 2 aliphatic rings. The van der Waals surface area contributed by atoms with Crippen molar-refractivity contribution >= 4 is 12.0 Å². The normalized spacial score (nSPS) is 18.7. The lowest BCUT2D eigenvalue weighted by atomic mass is 10.0. The molecule has 1 saturated heterocycles. The molecule has 0 spiro atoms. The molecule has 1 aromatic rings. The van der Waals surface area contributed by atoms with Crippen molar-refractivity contribution in [3.63, 3.8) is 0 Å². The van der Waals surface area contributed by atoms with Crippen molar-refractivity contribution in [1.82, 2.24) is 10.2 Å². The Balaban J connectivity index is 1.52. The van der Waals surface area contributed by atoms with Crippen molar-refractivity contribution in [2.24, 2.45) is 5.92 Å². The predicted molar refractivity (Wildman–Crippen MR) is 95.6 cm³/mol. The number of carbonyl (C=O) groups is 1. The molecule has 1 N–H and O–H groups in total. The average molecular weight is 346 g/mol. The summed E-state index contributed by atoms with van der Waals surface area (Å²) in [5.74, 6) is 1.84. The lowest BCUT2D eigenvalue weighted by molar-refractivity contribution is -0.116. The minimum atomic E-state index is -0.0865. The smallest absolute Gasteiger partial charge is 0.244 e. The zero-order chi connectivity index (χ0) is 17.6. The molecule has 6 nitrogen and oxygen atoms in total. The minimum Gasteiger partial charge on any atom is -0.454 e. The summed E-state index contributed by atoms with van der Waals surface area (Å²) in [5.41, 5.74) is 0.910. The molecule has 0 saturated carbocycles. The third-order valence-electron chi connectivity index (χ3n) is 4.59. The van der Waals surface area contributed by atoms with Crippen molar-refractivity contribution in [2.75, 3.05) is 39.6 Å². The van der Waals surface area contributed by atoms with Gasteiger partial charge >= 0.3 is 0 Å². The van der Waals surface area contributed by atoms with Crippen molar-refractivity contribution in [3.05, 3.63) is 29.8 Å². The number of hydrogen-bond donors (Lipinski definition) is 1. The van der Waals surface area contributed by atoms with Gasteiger partial charge in [-0.1, -0.05) is 19.9 Å². The Morgan fingerprint density at radius 3 is 2.76 bits per heavy atom. The van der Waals surface area contributed by atoms with E-state index in [-0.39, 0.29) is 12.7 Å². The van der Waals surface area contributed by atoms with Gasteiger partial charge in [-0.2, -0.15) is 0 Å². The van der Waals surface area contributed by atoms with Crippen molar-refractivity contribution in [2.45, 2.75) is 19.9 Å². The number of hydrogen-bond acceptors (Lipinski definition) is 5. The number of morpholine rings is 1. The van der Waals surface area contributed by atoms with Crippen LogP contribution in [0.1, 0.15) is 19.4 Å². The first-order valence-corrected chi connectivity index (χ1v) is 8.81. The number of carbonyl (C=O) groups excluding carboxylic acids is 1. The van der Waals surface area contributed by atoms with Crippen LogP contribution < -0.4 is 14.8 Å². The van der Waals surface area contributed by atoms with Gasteiger partial charge in [0.2, 0.25) is 12.7 Å². The fourth-order valence-electron chi connectivity index (χ4n) is 3.15. The first-order valence-electron chi connectivity index (χ1n) is 8.81. The maximum atomic E-state index is 12.2. The second kappa shape index (κ2) is 8.36. The summed E-state index contributed by atoms with van der Waals surface area (Å²) in [6.07, 6.45) is 3.35. The van der Waals surface area contributed by atoms with Crippen LogP contribution in [0.2, 0.25) is 0 Å². The largest absolute Gasteiger partial charge is 0.454 e. The third kappa shape index (κ3) is 4.74. The van der Waals surface area contributed by atoms with Gasteiger partial charge in [0.15, 0.2) is 11.5 Å². The lowest BCUT2D eigenvalue weighted by Crippen LogP contribution is -2.51. The molecule has 1 unspecified atom stereocenters.